The lowest BCUT2D eigenvalue weighted by molar-refractivity contribution is 0.0980. The van der Waals surface area contributed by atoms with E-state index in [1.165, 1.54) is 0 Å². The number of hydrogen-bond acceptors (Lipinski definition) is 2. The summed E-state index contributed by atoms with van der Waals surface area (Å²) in [5, 5.41) is 10.5. The number of benzene rings is 1. The van der Waals surface area contributed by atoms with Crippen LogP contribution in [0.3, 0.4) is 0 Å². The van der Waals surface area contributed by atoms with Crippen LogP contribution in [0.5, 0.6) is 5.75 Å². The summed E-state index contributed by atoms with van der Waals surface area (Å²) in [6.45, 7) is 9.82. The van der Waals surface area contributed by atoms with Crippen molar-refractivity contribution in [2.24, 2.45) is 0 Å². The summed E-state index contributed by atoms with van der Waals surface area (Å²) in [5.41, 5.74) is 2.07. The summed E-state index contributed by atoms with van der Waals surface area (Å²) in [7, 11) is 0. The second-order valence-corrected chi connectivity index (χ2v) is 6.59. The summed E-state index contributed by atoms with van der Waals surface area (Å²) in [6.07, 6.45) is 10.3. The van der Waals surface area contributed by atoms with E-state index in [-0.39, 0.29) is 11.2 Å². The largest absolute Gasteiger partial charge is 0.507 e. The van der Waals surface area contributed by atoms with Gasteiger partial charge in [-0.25, -0.2) is 0 Å². The third-order valence-electron chi connectivity index (χ3n) is 3.66. The highest BCUT2D eigenvalue weighted by molar-refractivity contribution is 5.96. The zero-order valence-electron chi connectivity index (χ0n) is 13.9. The minimum atomic E-state index is -0.220. The van der Waals surface area contributed by atoms with Crippen LogP contribution in [-0.2, 0) is 11.8 Å². The lowest BCUT2D eigenvalue weighted by Gasteiger charge is -2.23. The quantitative estimate of drug-likeness (QED) is 0.340. The number of aromatic hydroxyl groups is 1. The molecule has 1 rings (SSSR count). The first-order valence-corrected chi connectivity index (χ1v) is 7.75. The van der Waals surface area contributed by atoms with Crippen molar-refractivity contribution >= 4 is 5.78 Å². The average molecular weight is 298 g/mol. The molecule has 0 unspecified atom stereocenters. The van der Waals surface area contributed by atoms with Gasteiger partial charge in [-0.15, -0.1) is 18.9 Å². The topological polar surface area (TPSA) is 37.3 Å². The number of carbonyl (C=O) groups is 1. The van der Waals surface area contributed by atoms with Crippen LogP contribution in [0.2, 0.25) is 0 Å². The molecule has 0 aliphatic heterocycles. The second kappa shape index (κ2) is 7.84. The van der Waals surface area contributed by atoms with Gasteiger partial charge in [-0.05, 0) is 42.4 Å². The van der Waals surface area contributed by atoms with Crippen LogP contribution in [0.15, 0.2) is 24.8 Å². The maximum Gasteiger partial charge on any atom is 0.162 e. The molecule has 0 aliphatic carbocycles. The number of Topliss-reactive ketones (excluding diaryl/α,β-unsaturated/α-hetero) is 1. The molecule has 0 saturated carbocycles. The molecule has 22 heavy (non-hydrogen) atoms. The summed E-state index contributed by atoms with van der Waals surface area (Å²) in [6, 6.07) is 3.64. The number of rotatable bonds is 7. The van der Waals surface area contributed by atoms with Crippen molar-refractivity contribution < 1.29 is 9.90 Å². The molecule has 2 heteroatoms. The van der Waals surface area contributed by atoms with Gasteiger partial charge in [0, 0.05) is 24.0 Å². The van der Waals surface area contributed by atoms with Crippen molar-refractivity contribution in [2.75, 3.05) is 0 Å². The fourth-order valence-electron chi connectivity index (χ4n) is 2.37. The number of ketones is 1. The number of aryl methyl sites for hydroxylation is 1. The molecule has 0 heterocycles. The van der Waals surface area contributed by atoms with Crippen LogP contribution in [0.4, 0.5) is 0 Å². The Morgan fingerprint density at radius 2 is 2.09 bits per heavy atom. The van der Waals surface area contributed by atoms with Crippen LogP contribution in [-0.4, -0.2) is 10.9 Å². The average Bonchev–Trinajstić information content (AvgIpc) is 2.45. The molecule has 1 aromatic carbocycles. The van der Waals surface area contributed by atoms with Crippen LogP contribution >= 0.6 is 0 Å². The molecule has 0 amide bonds. The van der Waals surface area contributed by atoms with Gasteiger partial charge in [-0.1, -0.05) is 26.8 Å². The van der Waals surface area contributed by atoms with E-state index in [0.29, 0.717) is 37.0 Å². The lowest BCUT2D eigenvalue weighted by atomic mass is 9.82. The van der Waals surface area contributed by atoms with E-state index < -0.39 is 0 Å². The van der Waals surface area contributed by atoms with Crippen molar-refractivity contribution in [3.8, 4) is 18.1 Å². The fourth-order valence-corrected chi connectivity index (χ4v) is 2.37. The maximum absolute atomic E-state index is 12.4. The van der Waals surface area contributed by atoms with Gasteiger partial charge in [-0.3, -0.25) is 4.79 Å². The highest BCUT2D eigenvalue weighted by Gasteiger charge is 2.22. The first-order valence-electron chi connectivity index (χ1n) is 7.75. The first kappa shape index (κ1) is 18.0. The molecule has 0 aliphatic rings. The number of hydrogen-bond donors (Lipinski definition) is 1. The molecule has 0 saturated heterocycles. The molecule has 1 N–H and O–H groups in total. The summed E-state index contributed by atoms with van der Waals surface area (Å²) in [4.78, 5) is 12.4. The van der Waals surface area contributed by atoms with Crippen molar-refractivity contribution in [1.29, 1.82) is 0 Å². The van der Waals surface area contributed by atoms with E-state index in [1.54, 1.807) is 0 Å². The van der Waals surface area contributed by atoms with Gasteiger partial charge in [0.15, 0.2) is 5.78 Å². The number of terminal acetylenes is 1. The minimum Gasteiger partial charge on any atom is -0.507 e. The van der Waals surface area contributed by atoms with Crippen molar-refractivity contribution in [1.82, 2.24) is 0 Å². The van der Waals surface area contributed by atoms with E-state index in [9.17, 15) is 9.90 Å². The van der Waals surface area contributed by atoms with Gasteiger partial charge in [-0.2, -0.15) is 0 Å². The predicted molar refractivity (Wildman–Crippen MR) is 92.3 cm³/mol. The smallest absolute Gasteiger partial charge is 0.162 e. The molecular weight excluding hydrogens is 272 g/mol. The van der Waals surface area contributed by atoms with E-state index >= 15 is 0 Å². The van der Waals surface area contributed by atoms with Crippen LogP contribution in [0.25, 0.3) is 0 Å². The third kappa shape index (κ3) is 4.77. The van der Waals surface area contributed by atoms with E-state index in [0.717, 1.165) is 17.5 Å². The Balaban J connectivity index is 3.19. The summed E-state index contributed by atoms with van der Waals surface area (Å²) in [5.74, 6) is 2.94. The van der Waals surface area contributed by atoms with Crippen LogP contribution < -0.4 is 0 Å². The zero-order valence-corrected chi connectivity index (χ0v) is 13.9. The standard InChI is InChI=1S/C20H26O2/c1-6-8-10-12-18(21)16-13-15(11-9-7-2)19(22)17(14-16)20(3,4)5/h1,7,13-14,22H,2,8-12H2,3-5H3. The van der Waals surface area contributed by atoms with Gasteiger partial charge in [0.05, 0.1) is 0 Å². The molecule has 1 aromatic rings. The SMILES string of the molecule is C#CCCCC(=O)c1cc(CCC=C)c(O)c(C(C)(C)C)c1. The minimum absolute atomic E-state index is 0.0839. The van der Waals surface area contributed by atoms with Crippen LogP contribution in [0, 0.1) is 12.3 Å². The number of allylic oxidation sites excluding steroid dienone is 1. The number of phenols is 1. The van der Waals surface area contributed by atoms with Gasteiger partial charge in [0.1, 0.15) is 5.75 Å². The summed E-state index contributed by atoms with van der Waals surface area (Å²) < 4.78 is 0. The summed E-state index contributed by atoms with van der Waals surface area (Å²) >= 11 is 0. The third-order valence-corrected chi connectivity index (χ3v) is 3.66. The van der Waals surface area contributed by atoms with Gasteiger partial charge < -0.3 is 5.11 Å². The van der Waals surface area contributed by atoms with Gasteiger partial charge in [0.25, 0.3) is 0 Å². The Hall–Kier alpha value is -2.01. The first-order chi connectivity index (χ1) is 10.3. The predicted octanol–water partition coefficient (Wildman–Crippen LogP) is 4.79. The van der Waals surface area contributed by atoms with Crippen molar-refractivity contribution in [3.05, 3.63) is 41.5 Å². The van der Waals surface area contributed by atoms with Crippen molar-refractivity contribution in [3.63, 3.8) is 0 Å². The number of carbonyl (C=O) groups excluding carboxylic acids is 1. The monoisotopic (exact) mass is 298 g/mol. The number of phenolic OH excluding ortho intramolecular Hbond substituents is 1. The molecule has 2 nitrogen and oxygen atoms in total. The Morgan fingerprint density at radius 1 is 1.41 bits per heavy atom. The highest BCUT2D eigenvalue weighted by Crippen LogP contribution is 2.35. The number of unbranched alkanes of at least 4 members (excludes halogenated alkanes) is 1. The maximum atomic E-state index is 12.4. The molecule has 0 bridgehead atoms. The van der Waals surface area contributed by atoms with E-state index in [4.69, 9.17) is 6.42 Å². The van der Waals surface area contributed by atoms with Crippen molar-refractivity contribution in [2.45, 2.75) is 58.3 Å². The second-order valence-electron chi connectivity index (χ2n) is 6.59. The Bertz CT molecular complexity index is 583. The molecule has 0 radical (unpaired) electrons. The highest BCUT2D eigenvalue weighted by atomic mass is 16.3. The lowest BCUT2D eigenvalue weighted by Crippen LogP contribution is -2.14. The molecule has 118 valence electrons. The Labute approximate surface area is 134 Å². The van der Waals surface area contributed by atoms with Gasteiger partial charge >= 0.3 is 0 Å². The molecule has 0 atom stereocenters. The molecule has 0 spiro atoms. The normalized spacial score (nSPS) is 11.0. The molecular formula is C20H26O2. The zero-order chi connectivity index (χ0) is 16.8. The van der Waals surface area contributed by atoms with Gasteiger partial charge in [0.2, 0.25) is 0 Å². The fraction of sp³-hybridized carbons (Fsp3) is 0.450. The molecule has 0 fully saturated rings. The van der Waals surface area contributed by atoms with Crippen LogP contribution in [0.1, 0.15) is 67.9 Å². The van der Waals surface area contributed by atoms with E-state index in [1.807, 2.05) is 39.0 Å². The van der Waals surface area contributed by atoms with E-state index in [2.05, 4.69) is 12.5 Å². The molecule has 0 aromatic heterocycles. The Morgan fingerprint density at radius 3 is 2.64 bits per heavy atom. The Kier molecular flexibility index (Phi) is 6.43.